The lowest BCUT2D eigenvalue weighted by molar-refractivity contribution is 0.250. The van der Waals surface area contributed by atoms with Crippen LogP contribution in [0.25, 0.3) is 0 Å². The van der Waals surface area contributed by atoms with Gasteiger partial charge >= 0.3 is 0 Å². The van der Waals surface area contributed by atoms with Crippen LogP contribution in [0.3, 0.4) is 0 Å². The average molecular weight is 180 g/mol. The third-order valence-corrected chi connectivity index (χ3v) is 3.94. The molecule has 2 fully saturated rings. The van der Waals surface area contributed by atoms with Crippen LogP contribution in [0.1, 0.15) is 32.1 Å². The second-order valence-corrected chi connectivity index (χ2v) is 4.64. The predicted octanol–water partition coefficient (Wildman–Crippen LogP) is 1.83. The average Bonchev–Trinajstić information content (AvgIpc) is 2.74. The molecule has 0 aromatic heterocycles. The lowest BCUT2D eigenvalue weighted by atomic mass is 9.82. The van der Waals surface area contributed by atoms with Crippen molar-refractivity contribution in [2.45, 2.75) is 38.1 Å². The second-order valence-electron chi connectivity index (χ2n) is 4.64. The largest absolute Gasteiger partial charge is 0.271 e. The summed E-state index contributed by atoms with van der Waals surface area (Å²) >= 11 is 0. The van der Waals surface area contributed by atoms with Gasteiger partial charge in [-0.1, -0.05) is 12.5 Å². The molecule has 0 heterocycles. The normalized spacial score (nSPS) is 39.3. The molecule has 2 saturated carbocycles. The highest BCUT2D eigenvalue weighted by molar-refractivity contribution is 4.96. The van der Waals surface area contributed by atoms with E-state index in [2.05, 4.69) is 12.0 Å². The molecule has 0 spiro atoms. The first kappa shape index (κ1) is 9.22. The number of hydrogen-bond donors (Lipinski definition) is 2. The summed E-state index contributed by atoms with van der Waals surface area (Å²) in [6.07, 6.45) is 8.76. The number of fused-ring (bicyclic) bond motifs is 2. The Labute approximate surface area is 80.5 Å². The number of rotatable bonds is 4. The minimum Gasteiger partial charge on any atom is -0.271 e. The zero-order valence-electron chi connectivity index (χ0n) is 8.21. The highest BCUT2D eigenvalue weighted by Crippen LogP contribution is 2.49. The SMILES string of the molecule is C=CCC(NN)C1CC2CCC1C2. The molecule has 0 aliphatic heterocycles. The molecule has 2 nitrogen and oxygen atoms in total. The molecule has 13 heavy (non-hydrogen) atoms. The fourth-order valence-electron chi connectivity index (χ4n) is 3.33. The van der Waals surface area contributed by atoms with E-state index in [1.807, 2.05) is 6.08 Å². The Morgan fingerprint density at radius 2 is 2.31 bits per heavy atom. The van der Waals surface area contributed by atoms with Crippen molar-refractivity contribution < 1.29 is 0 Å². The van der Waals surface area contributed by atoms with Gasteiger partial charge in [0.2, 0.25) is 0 Å². The maximum Gasteiger partial charge on any atom is 0.0275 e. The van der Waals surface area contributed by atoms with Crippen molar-refractivity contribution in [2.75, 3.05) is 0 Å². The minimum absolute atomic E-state index is 0.479. The van der Waals surface area contributed by atoms with Gasteiger partial charge in [-0.2, -0.15) is 0 Å². The third kappa shape index (κ3) is 1.65. The zero-order chi connectivity index (χ0) is 9.26. The molecular formula is C11H20N2. The summed E-state index contributed by atoms with van der Waals surface area (Å²) in [6.45, 7) is 3.79. The van der Waals surface area contributed by atoms with Gasteiger partial charge in [-0.15, -0.1) is 6.58 Å². The van der Waals surface area contributed by atoms with Crippen molar-refractivity contribution in [3.8, 4) is 0 Å². The van der Waals surface area contributed by atoms with Crippen LogP contribution in [0, 0.1) is 17.8 Å². The maximum absolute atomic E-state index is 5.57. The Kier molecular flexibility index (Phi) is 2.70. The van der Waals surface area contributed by atoms with Crippen LogP contribution < -0.4 is 11.3 Å². The quantitative estimate of drug-likeness (QED) is 0.393. The highest BCUT2D eigenvalue weighted by Gasteiger charge is 2.42. The standard InChI is InChI=1S/C11H20N2/c1-2-3-11(13-12)10-7-8-4-5-9(10)6-8/h2,8-11,13H,1,3-7,12H2. The lowest BCUT2D eigenvalue weighted by Crippen LogP contribution is -2.42. The molecule has 74 valence electrons. The van der Waals surface area contributed by atoms with Gasteiger partial charge in [-0.25, -0.2) is 0 Å². The molecule has 2 aliphatic rings. The molecule has 4 atom stereocenters. The third-order valence-electron chi connectivity index (χ3n) is 3.94. The molecule has 0 aromatic carbocycles. The maximum atomic E-state index is 5.57. The van der Waals surface area contributed by atoms with Gasteiger partial charge in [0.1, 0.15) is 0 Å². The van der Waals surface area contributed by atoms with Crippen molar-refractivity contribution in [3.63, 3.8) is 0 Å². The first-order valence-corrected chi connectivity index (χ1v) is 5.42. The van der Waals surface area contributed by atoms with Crippen LogP contribution in [0.15, 0.2) is 12.7 Å². The van der Waals surface area contributed by atoms with Gasteiger partial charge in [-0.3, -0.25) is 11.3 Å². The van der Waals surface area contributed by atoms with Gasteiger partial charge < -0.3 is 0 Å². The van der Waals surface area contributed by atoms with Crippen molar-refractivity contribution in [1.29, 1.82) is 0 Å². The summed E-state index contributed by atoms with van der Waals surface area (Å²) in [4.78, 5) is 0. The van der Waals surface area contributed by atoms with Gasteiger partial charge in [-0.05, 0) is 43.4 Å². The summed E-state index contributed by atoms with van der Waals surface area (Å²) in [5.41, 5.74) is 2.96. The Hall–Kier alpha value is -0.340. The molecule has 2 heteroatoms. The van der Waals surface area contributed by atoms with Crippen LogP contribution in [0.2, 0.25) is 0 Å². The Bertz CT molecular complexity index is 191. The molecule has 0 aromatic rings. The zero-order valence-corrected chi connectivity index (χ0v) is 8.21. The molecule has 2 aliphatic carbocycles. The van der Waals surface area contributed by atoms with E-state index in [9.17, 15) is 0 Å². The molecule has 4 unspecified atom stereocenters. The van der Waals surface area contributed by atoms with E-state index >= 15 is 0 Å². The Morgan fingerprint density at radius 3 is 2.77 bits per heavy atom. The highest BCUT2D eigenvalue weighted by atomic mass is 15.2. The predicted molar refractivity (Wildman–Crippen MR) is 54.9 cm³/mol. The van der Waals surface area contributed by atoms with Gasteiger partial charge in [0, 0.05) is 6.04 Å². The number of hydrazine groups is 1. The lowest BCUT2D eigenvalue weighted by Gasteiger charge is -2.29. The minimum atomic E-state index is 0.479. The van der Waals surface area contributed by atoms with Gasteiger partial charge in [0.05, 0.1) is 0 Å². The van der Waals surface area contributed by atoms with Gasteiger partial charge in [0.25, 0.3) is 0 Å². The number of hydrogen-bond acceptors (Lipinski definition) is 2. The summed E-state index contributed by atoms with van der Waals surface area (Å²) < 4.78 is 0. The Balaban J connectivity index is 1.95. The van der Waals surface area contributed by atoms with Crippen molar-refractivity contribution >= 4 is 0 Å². The monoisotopic (exact) mass is 180 g/mol. The van der Waals surface area contributed by atoms with E-state index in [0.29, 0.717) is 6.04 Å². The van der Waals surface area contributed by atoms with E-state index in [0.717, 1.165) is 24.2 Å². The fraction of sp³-hybridized carbons (Fsp3) is 0.818. The van der Waals surface area contributed by atoms with Crippen molar-refractivity contribution in [3.05, 3.63) is 12.7 Å². The molecule has 2 bridgehead atoms. The second kappa shape index (κ2) is 3.81. The van der Waals surface area contributed by atoms with Crippen LogP contribution in [-0.4, -0.2) is 6.04 Å². The molecule has 0 amide bonds. The van der Waals surface area contributed by atoms with E-state index in [1.165, 1.54) is 25.7 Å². The fourth-order valence-corrected chi connectivity index (χ4v) is 3.33. The van der Waals surface area contributed by atoms with Crippen molar-refractivity contribution in [1.82, 2.24) is 5.43 Å². The number of nitrogens with one attached hydrogen (secondary N) is 1. The van der Waals surface area contributed by atoms with E-state index in [4.69, 9.17) is 5.84 Å². The van der Waals surface area contributed by atoms with Crippen LogP contribution >= 0.6 is 0 Å². The molecule has 2 rings (SSSR count). The molecule has 3 N–H and O–H groups in total. The van der Waals surface area contributed by atoms with Crippen LogP contribution in [0.5, 0.6) is 0 Å². The van der Waals surface area contributed by atoms with E-state index in [1.54, 1.807) is 0 Å². The topological polar surface area (TPSA) is 38.0 Å². The Morgan fingerprint density at radius 1 is 1.46 bits per heavy atom. The molecular weight excluding hydrogens is 160 g/mol. The summed E-state index contributed by atoms with van der Waals surface area (Å²) in [7, 11) is 0. The van der Waals surface area contributed by atoms with Crippen LogP contribution in [0.4, 0.5) is 0 Å². The smallest absolute Gasteiger partial charge is 0.0275 e. The van der Waals surface area contributed by atoms with Gasteiger partial charge in [0.15, 0.2) is 0 Å². The summed E-state index contributed by atoms with van der Waals surface area (Å²) in [5, 5.41) is 0. The van der Waals surface area contributed by atoms with Crippen LogP contribution in [-0.2, 0) is 0 Å². The summed E-state index contributed by atoms with van der Waals surface area (Å²) in [5.74, 6) is 8.35. The molecule has 0 saturated heterocycles. The molecule has 0 radical (unpaired) electrons. The van der Waals surface area contributed by atoms with E-state index < -0.39 is 0 Å². The first-order chi connectivity index (χ1) is 6.35. The number of nitrogens with two attached hydrogens (primary N) is 1. The van der Waals surface area contributed by atoms with E-state index in [-0.39, 0.29) is 0 Å². The van der Waals surface area contributed by atoms with Crippen molar-refractivity contribution in [2.24, 2.45) is 23.6 Å². The first-order valence-electron chi connectivity index (χ1n) is 5.42. The summed E-state index contributed by atoms with van der Waals surface area (Å²) in [6, 6.07) is 0.479.